The highest BCUT2D eigenvalue weighted by Gasteiger charge is 2.30. The van der Waals surface area contributed by atoms with E-state index in [1.54, 1.807) is 25.3 Å². The highest BCUT2D eigenvalue weighted by molar-refractivity contribution is 6.01. The molecule has 184 valence electrons. The zero-order valence-electron chi connectivity index (χ0n) is 19.9. The van der Waals surface area contributed by atoms with Crippen LogP contribution >= 0.6 is 0 Å². The molecule has 0 saturated heterocycles. The highest BCUT2D eigenvalue weighted by atomic mass is 19.1. The normalized spacial score (nSPS) is 12.3. The fraction of sp³-hybridized carbons (Fsp3) is 0.346. The number of nitrogens with zero attached hydrogens (tertiary/aromatic N) is 2. The van der Waals surface area contributed by atoms with E-state index in [0.29, 0.717) is 41.1 Å². The number of esters is 1. The molecule has 1 aliphatic rings. The molecule has 3 heterocycles. The van der Waals surface area contributed by atoms with Crippen molar-refractivity contribution in [2.45, 2.75) is 33.1 Å². The Kier molecular flexibility index (Phi) is 7.45. The van der Waals surface area contributed by atoms with Crippen molar-refractivity contribution in [3.05, 3.63) is 69.1 Å². The van der Waals surface area contributed by atoms with Crippen LogP contribution < -0.4 is 15.0 Å². The second-order valence-corrected chi connectivity index (χ2v) is 8.05. The Labute approximate surface area is 201 Å². The fourth-order valence-electron chi connectivity index (χ4n) is 3.89. The second-order valence-electron chi connectivity index (χ2n) is 8.05. The van der Waals surface area contributed by atoms with Crippen molar-refractivity contribution in [2.75, 3.05) is 26.9 Å². The molecule has 0 spiro atoms. The van der Waals surface area contributed by atoms with Crippen molar-refractivity contribution in [3.63, 3.8) is 0 Å². The highest BCUT2D eigenvalue weighted by Crippen LogP contribution is 2.38. The van der Waals surface area contributed by atoms with Crippen LogP contribution in [0.25, 0.3) is 17.2 Å². The van der Waals surface area contributed by atoms with E-state index in [1.807, 2.05) is 6.92 Å². The summed E-state index contributed by atoms with van der Waals surface area (Å²) in [7, 11) is 1.51. The summed E-state index contributed by atoms with van der Waals surface area (Å²) >= 11 is 0. The monoisotopic (exact) mass is 482 g/mol. The van der Waals surface area contributed by atoms with Crippen LogP contribution in [0.15, 0.2) is 41.0 Å². The maximum absolute atomic E-state index is 13.6. The van der Waals surface area contributed by atoms with E-state index in [0.717, 1.165) is 18.4 Å². The fourth-order valence-corrected chi connectivity index (χ4v) is 3.89. The lowest BCUT2D eigenvalue weighted by Gasteiger charge is -2.24. The number of methoxy groups -OCH3 is 1. The van der Waals surface area contributed by atoms with Crippen molar-refractivity contribution < 1.29 is 28.1 Å². The summed E-state index contributed by atoms with van der Waals surface area (Å²) in [5, 5.41) is 0. The zero-order chi connectivity index (χ0) is 24.9. The van der Waals surface area contributed by atoms with Gasteiger partial charge in [-0.05, 0) is 31.0 Å². The summed E-state index contributed by atoms with van der Waals surface area (Å²) in [5.41, 5.74) is 1.41. The average molecular weight is 483 g/mol. The summed E-state index contributed by atoms with van der Waals surface area (Å²) in [4.78, 5) is 31.0. The quantitative estimate of drug-likeness (QED) is 0.314. The number of rotatable bonds is 10. The molecule has 0 amide bonds. The van der Waals surface area contributed by atoms with Gasteiger partial charge in [0.15, 0.2) is 17.1 Å². The number of carbonyl (C=O) groups excluding carboxylic acids is 1. The molecule has 8 nitrogen and oxygen atoms in total. The SMILES string of the molecule is CCCCOc1c(C(=O)OCC)c(=O)n2c3c(c(Cc4ccc(F)cc4)cnc13)OC(COC)=C2. The topological polar surface area (TPSA) is 88.9 Å². The molecule has 0 N–H and O–H groups in total. The predicted octanol–water partition coefficient (Wildman–Crippen LogP) is 4.32. The van der Waals surface area contributed by atoms with Gasteiger partial charge in [-0.3, -0.25) is 14.3 Å². The minimum absolute atomic E-state index is 0.0786. The molecule has 2 aromatic heterocycles. The third-order valence-corrected chi connectivity index (χ3v) is 5.52. The number of pyridine rings is 2. The second kappa shape index (κ2) is 10.7. The van der Waals surface area contributed by atoms with Crippen LogP contribution in [0.3, 0.4) is 0 Å². The summed E-state index contributed by atoms with van der Waals surface area (Å²) in [6.07, 6.45) is 5.10. The molecule has 0 fully saturated rings. The Morgan fingerprint density at radius 3 is 2.66 bits per heavy atom. The predicted molar refractivity (Wildman–Crippen MR) is 128 cm³/mol. The van der Waals surface area contributed by atoms with Crippen LogP contribution in [0.5, 0.6) is 11.5 Å². The summed E-state index contributed by atoms with van der Waals surface area (Å²) < 4.78 is 37.2. The standard InChI is InChI=1S/C26H27FN2O6/c1-4-6-11-34-24-20(26(31)33-5-2)25(30)29-14-19(15-32-3)35-23-17(13-28-21(24)22(23)29)12-16-7-9-18(27)10-8-16/h7-10,13-14H,4-6,11-12,15H2,1-3H3. The van der Waals surface area contributed by atoms with Crippen LogP contribution in [0.4, 0.5) is 4.39 Å². The van der Waals surface area contributed by atoms with Gasteiger partial charge in [-0.2, -0.15) is 0 Å². The molecule has 0 aliphatic carbocycles. The molecule has 4 rings (SSSR count). The molecule has 3 aromatic rings. The minimum atomic E-state index is -0.776. The number of hydrogen-bond donors (Lipinski definition) is 0. The van der Waals surface area contributed by atoms with E-state index in [-0.39, 0.29) is 30.3 Å². The maximum Gasteiger partial charge on any atom is 0.347 e. The van der Waals surface area contributed by atoms with Gasteiger partial charge in [-0.25, -0.2) is 9.18 Å². The van der Waals surface area contributed by atoms with E-state index in [1.165, 1.54) is 30.0 Å². The molecule has 9 heteroatoms. The minimum Gasteiger partial charge on any atom is -0.490 e. The molecule has 0 radical (unpaired) electrons. The number of unbranched alkanes of at least 4 members (excludes halogenated alkanes) is 1. The van der Waals surface area contributed by atoms with E-state index >= 15 is 0 Å². The molecule has 0 unspecified atom stereocenters. The van der Waals surface area contributed by atoms with Gasteiger partial charge in [0.25, 0.3) is 5.56 Å². The number of benzene rings is 1. The Morgan fingerprint density at radius 1 is 1.20 bits per heavy atom. The van der Waals surface area contributed by atoms with E-state index < -0.39 is 11.5 Å². The molecule has 1 aliphatic heterocycles. The van der Waals surface area contributed by atoms with Crippen molar-refractivity contribution >= 4 is 23.2 Å². The van der Waals surface area contributed by atoms with E-state index in [2.05, 4.69) is 4.98 Å². The summed E-state index contributed by atoms with van der Waals surface area (Å²) in [6, 6.07) is 6.12. The third kappa shape index (κ3) is 4.90. The third-order valence-electron chi connectivity index (χ3n) is 5.52. The lowest BCUT2D eigenvalue weighted by atomic mass is 10.0. The summed E-state index contributed by atoms with van der Waals surface area (Å²) in [6.45, 7) is 4.20. The molecule has 0 atom stereocenters. The van der Waals surface area contributed by atoms with Crippen molar-refractivity contribution in [1.29, 1.82) is 0 Å². The number of carbonyl (C=O) groups is 1. The number of ether oxygens (including phenoxy) is 4. The molecule has 1 aromatic carbocycles. The average Bonchev–Trinajstić information content (AvgIpc) is 2.84. The summed E-state index contributed by atoms with van der Waals surface area (Å²) in [5.74, 6) is -0.245. The first-order chi connectivity index (χ1) is 17.0. The molecular weight excluding hydrogens is 455 g/mol. The van der Waals surface area contributed by atoms with Gasteiger partial charge in [0.1, 0.15) is 29.2 Å². The van der Waals surface area contributed by atoms with Crippen molar-refractivity contribution in [1.82, 2.24) is 9.55 Å². The first-order valence-electron chi connectivity index (χ1n) is 11.5. The van der Waals surface area contributed by atoms with Crippen molar-refractivity contribution in [2.24, 2.45) is 0 Å². The molecular formula is C26H27FN2O6. The smallest absolute Gasteiger partial charge is 0.347 e. The first kappa shape index (κ1) is 24.4. The van der Waals surface area contributed by atoms with Crippen molar-refractivity contribution in [3.8, 4) is 11.5 Å². The molecule has 0 bridgehead atoms. The number of halogens is 1. The van der Waals surface area contributed by atoms with Gasteiger partial charge in [-0.1, -0.05) is 25.5 Å². The van der Waals surface area contributed by atoms with Gasteiger partial charge in [0.05, 0.1) is 19.4 Å². The van der Waals surface area contributed by atoms with Crippen LogP contribution in [0.1, 0.15) is 48.2 Å². The molecule has 35 heavy (non-hydrogen) atoms. The van der Waals surface area contributed by atoms with Crippen LogP contribution in [0, 0.1) is 5.82 Å². The Bertz CT molecular complexity index is 1330. The van der Waals surface area contributed by atoms with E-state index in [4.69, 9.17) is 18.9 Å². The zero-order valence-corrected chi connectivity index (χ0v) is 19.9. The number of hydrogen-bond acceptors (Lipinski definition) is 7. The number of aromatic nitrogens is 2. The lowest BCUT2D eigenvalue weighted by molar-refractivity contribution is 0.0519. The van der Waals surface area contributed by atoms with Crippen LogP contribution in [-0.2, 0) is 15.9 Å². The van der Waals surface area contributed by atoms with Gasteiger partial charge in [0.2, 0.25) is 0 Å². The Morgan fingerprint density at radius 2 is 1.97 bits per heavy atom. The maximum atomic E-state index is 13.6. The van der Waals surface area contributed by atoms with Gasteiger partial charge < -0.3 is 18.9 Å². The lowest BCUT2D eigenvalue weighted by Crippen LogP contribution is -2.29. The Balaban J connectivity index is 1.96. The van der Waals surface area contributed by atoms with Gasteiger partial charge in [0, 0.05) is 25.3 Å². The van der Waals surface area contributed by atoms with Gasteiger partial charge in [-0.15, -0.1) is 0 Å². The van der Waals surface area contributed by atoms with Crippen LogP contribution in [-0.4, -0.2) is 42.5 Å². The van der Waals surface area contributed by atoms with Gasteiger partial charge >= 0.3 is 5.97 Å². The van der Waals surface area contributed by atoms with Crippen LogP contribution in [0.2, 0.25) is 0 Å². The van der Waals surface area contributed by atoms with E-state index in [9.17, 15) is 14.0 Å². The molecule has 0 saturated carbocycles. The largest absolute Gasteiger partial charge is 0.490 e. The Hall–Kier alpha value is -3.72. The first-order valence-corrected chi connectivity index (χ1v) is 11.5.